The normalized spacial score (nSPS) is 12.4. The molecule has 0 spiro atoms. The standard InChI is InChI=1S/C16H13IN2O4/c17-12-3-1-2-10(8-12)15(20)18-19-16(21)11-4-5-13-14(9-11)23-7-6-22-13/h1-5,8-9H,6-7H2,(H,18,20)(H,19,21). The van der Waals surface area contributed by atoms with Gasteiger partial charge in [0, 0.05) is 14.7 Å². The molecule has 0 bridgehead atoms. The summed E-state index contributed by atoms with van der Waals surface area (Å²) in [6.45, 7) is 0.936. The average molecular weight is 424 g/mol. The predicted molar refractivity (Wildman–Crippen MR) is 91.5 cm³/mol. The Balaban J connectivity index is 1.64. The first-order valence-corrected chi connectivity index (χ1v) is 7.97. The van der Waals surface area contributed by atoms with Crippen molar-refractivity contribution in [1.29, 1.82) is 0 Å². The Morgan fingerprint density at radius 3 is 2.22 bits per heavy atom. The van der Waals surface area contributed by atoms with Gasteiger partial charge in [0.2, 0.25) is 0 Å². The summed E-state index contributed by atoms with van der Waals surface area (Å²) in [5.74, 6) is 0.318. The lowest BCUT2D eigenvalue weighted by Crippen LogP contribution is -2.41. The SMILES string of the molecule is O=C(NNC(=O)c1ccc2c(c1)OCCO2)c1cccc(I)c1. The zero-order valence-electron chi connectivity index (χ0n) is 12.0. The average Bonchev–Trinajstić information content (AvgIpc) is 2.59. The first kappa shape index (κ1) is 15.6. The summed E-state index contributed by atoms with van der Waals surface area (Å²) < 4.78 is 11.8. The van der Waals surface area contributed by atoms with Gasteiger partial charge in [-0.3, -0.25) is 20.4 Å². The predicted octanol–water partition coefficient (Wildman–Crippen LogP) is 2.14. The van der Waals surface area contributed by atoms with Crippen molar-refractivity contribution in [3.05, 3.63) is 57.2 Å². The fourth-order valence-corrected chi connectivity index (χ4v) is 2.62. The number of halogens is 1. The van der Waals surface area contributed by atoms with E-state index in [9.17, 15) is 9.59 Å². The molecule has 7 heteroatoms. The maximum atomic E-state index is 12.1. The number of hydrogen-bond acceptors (Lipinski definition) is 4. The molecule has 118 valence electrons. The van der Waals surface area contributed by atoms with Gasteiger partial charge in [0.05, 0.1) is 0 Å². The zero-order valence-corrected chi connectivity index (χ0v) is 14.1. The Morgan fingerprint density at radius 2 is 1.52 bits per heavy atom. The van der Waals surface area contributed by atoms with Crippen molar-refractivity contribution in [1.82, 2.24) is 10.9 Å². The van der Waals surface area contributed by atoms with Crippen LogP contribution < -0.4 is 20.3 Å². The first-order valence-electron chi connectivity index (χ1n) is 6.89. The highest BCUT2D eigenvalue weighted by Crippen LogP contribution is 2.30. The molecule has 2 N–H and O–H groups in total. The van der Waals surface area contributed by atoms with E-state index in [1.54, 1.807) is 36.4 Å². The van der Waals surface area contributed by atoms with Crippen molar-refractivity contribution in [2.45, 2.75) is 0 Å². The van der Waals surface area contributed by atoms with Crippen LogP contribution in [-0.2, 0) is 0 Å². The summed E-state index contributed by atoms with van der Waals surface area (Å²) in [5.41, 5.74) is 5.62. The largest absolute Gasteiger partial charge is 0.486 e. The third-order valence-corrected chi connectivity index (χ3v) is 3.85. The van der Waals surface area contributed by atoms with Crippen LogP contribution in [0.25, 0.3) is 0 Å². The lowest BCUT2D eigenvalue weighted by Gasteiger charge is -2.18. The first-order chi connectivity index (χ1) is 11.1. The molecule has 2 aromatic rings. The molecule has 0 unspecified atom stereocenters. The number of ether oxygens (including phenoxy) is 2. The lowest BCUT2D eigenvalue weighted by atomic mass is 10.2. The molecule has 1 heterocycles. The summed E-state index contributed by atoms with van der Waals surface area (Å²) in [7, 11) is 0. The molecule has 3 rings (SSSR count). The van der Waals surface area contributed by atoms with Gasteiger partial charge in [-0.25, -0.2) is 0 Å². The molecule has 0 radical (unpaired) electrons. The second kappa shape index (κ2) is 6.86. The van der Waals surface area contributed by atoms with E-state index in [1.165, 1.54) is 0 Å². The van der Waals surface area contributed by atoms with Crippen LogP contribution in [0.5, 0.6) is 11.5 Å². The summed E-state index contributed by atoms with van der Waals surface area (Å²) in [6.07, 6.45) is 0. The van der Waals surface area contributed by atoms with Gasteiger partial charge in [-0.15, -0.1) is 0 Å². The molecule has 23 heavy (non-hydrogen) atoms. The molecular formula is C16H13IN2O4. The molecule has 0 atom stereocenters. The van der Waals surface area contributed by atoms with Crippen LogP contribution in [-0.4, -0.2) is 25.0 Å². The van der Waals surface area contributed by atoms with Gasteiger partial charge in [0.25, 0.3) is 11.8 Å². The number of fused-ring (bicyclic) bond motifs is 1. The van der Waals surface area contributed by atoms with Crippen LogP contribution in [0.4, 0.5) is 0 Å². The van der Waals surface area contributed by atoms with Gasteiger partial charge in [0.1, 0.15) is 13.2 Å². The van der Waals surface area contributed by atoms with Crippen molar-refractivity contribution in [2.24, 2.45) is 0 Å². The number of nitrogens with one attached hydrogen (secondary N) is 2. The summed E-state index contributed by atoms with van der Waals surface area (Å²) in [4.78, 5) is 24.1. The topological polar surface area (TPSA) is 76.7 Å². The molecule has 1 aliphatic rings. The van der Waals surface area contributed by atoms with Crippen molar-refractivity contribution in [3.8, 4) is 11.5 Å². The van der Waals surface area contributed by atoms with E-state index in [4.69, 9.17) is 9.47 Å². The number of amides is 2. The maximum absolute atomic E-state index is 12.1. The van der Waals surface area contributed by atoms with Gasteiger partial charge >= 0.3 is 0 Å². The molecule has 2 aromatic carbocycles. The monoisotopic (exact) mass is 424 g/mol. The van der Waals surface area contributed by atoms with E-state index in [0.717, 1.165) is 3.57 Å². The highest BCUT2D eigenvalue weighted by Gasteiger charge is 2.15. The summed E-state index contributed by atoms with van der Waals surface area (Å²) in [5, 5.41) is 0. The summed E-state index contributed by atoms with van der Waals surface area (Å²) >= 11 is 2.12. The van der Waals surface area contributed by atoms with Crippen molar-refractivity contribution in [2.75, 3.05) is 13.2 Å². The summed E-state index contributed by atoms with van der Waals surface area (Å²) in [6, 6.07) is 11.9. The van der Waals surface area contributed by atoms with Gasteiger partial charge in [-0.2, -0.15) is 0 Å². The van der Waals surface area contributed by atoms with E-state index < -0.39 is 5.91 Å². The molecule has 0 aliphatic carbocycles. The van der Waals surface area contributed by atoms with Crippen LogP contribution >= 0.6 is 22.6 Å². The van der Waals surface area contributed by atoms with Crippen LogP contribution in [0.3, 0.4) is 0 Å². The van der Waals surface area contributed by atoms with Crippen molar-refractivity contribution < 1.29 is 19.1 Å². The molecular weight excluding hydrogens is 411 g/mol. The van der Waals surface area contributed by atoms with Crippen LogP contribution in [0.2, 0.25) is 0 Å². The van der Waals surface area contributed by atoms with E-state index in [2.05, 4.69) is 33.4 Å². The maximum Gasteiger partial charge on any atom is 0.269 e. The molecule has 0 saturated heterocycles. The molecule has 6 nitrogen and oxygen atoms in total. The van der Waals surface area contributed by atoms with E-state index in [0.29, 0.717) is 35.8 Å². The number of hydrogen-bond donors (Lipinski definition) is 2. The third kappa shape index (κ3) is 3.73. The molecule has 0 saturated carbocycles. The third-order valence-electron chi connectivity index (χ3n) is 3.18. The highest BCUT2D eigenvalue weighted by atomic mass is 127. The minimum atomic E-state index is -0.430. The fourth-order valence-electron chi connectivity index (χ4n) is 2.07. The number of hydrazine groups is 1. The lowest BCUT2D eigenvalue weighted by molar-refractivity contribution is 0.0846. The van der Waals surface area contributed by atoms with Crippen LogP contribution in [0.1, 0.15) is 20.7 Å². The smallest absolute Gasteiger partial charge is 0.269 e. The Labute approximate surface area is 146 Å². The molecule has 2 amide bonds. The Bertz CT molecular complexity index is 763. The number of carbonyl (C=O) groups excluding carboxylic acids is 2. The Hall–Kier alpha value is -2.29. The van der Waals surface area contributed by atoms with E-state index in [1.807, 2.05) is 6.07 Å². The van der Waals surface area contributed by atoms with Crippen molar-refractivity contribution >= 4 is 34.4 Å². The van der Waals surface area contributed by atoms with E-state index in [-0.39, 0.29) is 5.91 Å². The quantitative estimate of drug-likeness (QED) is 0.573. The van der Waals surface area contributed by atoms with Crippen molar-refractivity contribution in [3.63, 3.8) is 0 Å². The Kier molecular flexibility index (Phi) is 4.65. The number of carbonyl (C=O) groups is 2. The molecule has 1 aliphatic heterocycles. The second-order valence-corrected chi connectivity index (χ2v) is 6.02. The van der Waals surface area contributed by atoms with Gasteiger partial charge in [-0.05, 0) is 59.0 Å². The van der Waals surface area contributed by atoms with Gasteiger partial charge < -0.3 is 9.47 Å². The number of rotatable bonds is 2. The van der Waals surface area contributed by atoms with Gasteiger partial charge in [0.15, 0.2) is 11.5 Å². The Morgan fingerprint density at radius 1 is 0.870 bits per heavy atom. The fraction of sp³-hybridized carbons (Fsp3) is 0.125. The zero-order chi connectivity index (χ0) is 16.2. The van der Waals surface area contributed by atoms with Crippen LogP contribution in [0, 0.1) is 3.57 Å². The molecule has 0 aromatic heterocycles. The highest BCUT2D eigenvalue weighted by molar-refractivity contribution is 14.1. The minimum absolute atomic E-state index is 0.372. The van der Waals surface area contributed by atoms with E-state index >= 15 is 0 Å². The molecule has 0 fully saturated rings. The number of benzene rings is 2. The van der Waals surface area contributed by atoms with Gasteiger partial charge in [-0.1, -0.05) is 6.07 Å². The van der Waals surface area contributed by atoms with Crippen LogP contribution in [0.15, 0.2) is 42.5 Å². The second-order valence-electron chi connectivity index (χ2n) is 4.78. The minimum Gasteiger partial charge on any atom is -0.486 e.